The molecule has 208 valence electrons. The molecule has 0 heterocycles. The Morgan fingerprint density at radius 3 is 2.29 bits per heavy atom. The molecule has 0 aliphatic rings. The summed E-state index contributed by atoms with van der Waals surface area (Å²) in [6.45, 7) is 0. The minimum Gasteiger partial charge on any atom is -0.497 e. The second-order valence-corrected chi connectivity index (χ2v) is 9.74. The van der Waals surface area contributed by atoms with Crippen LogP contribution in [0.3, 0.4) is 0 Å². The maximum absolute atomic E-state index is 13.4. The second kappa shape index (κ2) is 14.0. The number of benzene rings is 4. The Kier molecular flexibility index (Phi) is 9.90. The molecule has 4 aromatic rings. The summed E-state index contributed by atoms with van der Waals surface area (Å²) in [4.78, 5) is 39.6. The van der Waals surface area contributed by atoms with Gasteiger partial charge in [0.05, 0.1) is 20.0 Å². The highest BCUT2D eigenvalue weighted by Crippen LogP contribution is 2.27. The first-order valence-electron chi connectivity index (χ1n) is 12.5. The fraction of sp³-hybridized carbons (Fsp3) is 0.0938. The first kappa shape index (κ1) is 29.1. The van der Waals surface area contributed by atoms with Crippen molar-refractivity contribution in [2.75, 3.05) is 25.3 Å². The molecule has 0 spiro atoms. The number of hydrogen-bond acceptors (Lipinski definition) is 6. The highest BCUT2D eigenvalue weighted by Gasteiger charge is 2.17. The molecule has 4 aromatic carbocycles. The van der Waals surface area contributed by atoms with Crippen molar-refractivity contribution in [3.63, 3.8) is 0 Å². The van der Waals surface area contributed by atoms with Gasteiger partial charge in [-0.15, -0.1) is 11.8 Å². The normalized spacial score (nSPS) is 11.0. The van der Waals surface area contributed by atoms with Gasteiger partial charge in [0.1, 0.15) is 23.0 Å². The number of halogens is 1. The molecule has 4 rings (SSSR count). The van der Waals surface area contributed by atoms with E-state index in [0.29, 0.717) is 33.9 Å². The Labute approximate surface area is 241 Å². The minimum atomic E-state index is -0.559. The van der Waals surface area contributed by atoms with Crippen molar-refractivity contribution >= 4 is 41.1 Å². The Balaban J connectivity index is 1.54. The Morgan fingerprint density at radius 2 is 1.59 bits per heavy atom. The minimum absolute atomic E-state index is 0.00753. The molecule has 0 unspecified atom stereocenters. The summed E-state index contributed by atoms with van der Waals surface area (Å²) in [6.07, 6.45) is 1.52. The summed E-state index contributed by atoms with van der Waals surface area (Å²) < 4.78 is 23.9. The van der Waals surface area contributed by atoms with E-state index in [-0.39, 0.29) is 17.2 Å². The van der Waals surface area contributed by atoms with Crippen LogP contribution in [0.4, 0.5) is 10.1 Å². The number of Topliss-reactive ketones (excluding diaryl/α,β-unsaturated/α-hetero) is 1. The summed E-state index contributed by atoms with van der Waals surface area (Å²) in [5.74, 6) is -0.403. The molecule has 0 aromatic heterocycles. The lowest BCUT2D eigenvalue weighted by atomic mass is 10.1. The number of rotatable bonds is 11. The summed E-state index contributed by atoms with van der Waals surface area (Å²) in [5.41, 5.74) is 1.82. The second-order valence-electron chi connectivity index (χ2n) is 8.69. The quantitative estimate of drug-likeness (QED) is 0.126. The third kappa shape index (κ3) is 8.06. The summed E-state index contributed by atoms with van der Waals surface area (Å²) in [6, 6.07) is 26.0. The lowest BCUT2D eigenvalue weighted by Crippen LogP contribution is -2.30. The zero-order chi connectivity index (χ0) is 29.2. The lowest BCUT2D eigenvalue weighted by Gasteiger charge is -2.13. The van der Waals surface area contributed by atoms with Crippen LogP contribution >= 0.6 is 11.8 Å². The van der Waals surface area contributed by atoms with E-state index in [1.54, 1.807) is 66.7 Å². The number of nitrogens with one attached hydrogen (secondary N) is 2. The van der Waals surface area contributed by atoms with Crippen molar-refractivity contribution in [2.24, 2.45) is 0 Å². The zero-order valence-electron chi connectivity index (χ0n) is 22.3. The van der Waals surface area contributed by atoms with Gasteiger partial charge >= 0.3 is 0 Å². The maximum atomic E-state index is 13.4. The van der Waals surface area contributed by atoms with E-state index in [9.17, 15) is 18.8 Å². The van der Waals surface area contributed by atoms with Crippen LogP contribution in [0, 0.1) is 5.82 Å². The predicted octanol–water partition coefficient (Wildman–Crippen LogP) is 6.23. The monoisotopic (exact) mass is 570 g/mol. The van der Waals surface area contributed by atoms with Crippen LogP contribution in [0.1, 0.15) is 26.3 Å². The van der Waals surface area contributed by atoms with Crippen molar-refractivity contribution in [2.45, 2.75) is 4.90 Å². The van der Waals surface area contributed by atoms with Gasteiger partial charge in [0.25, 0.3) is 11.8 Å². The van der Waals surface area contributed by atoms with Crippen molar-refractivity contribution in [1.82, 2.24) is 5.32 Å². The van der Waals surface area contributed by atoms with Gasteiger partial charge in [-0.05, 0) is 72.8 Å². The van der Waals surface area contributed by atoms with Crippen LogP contribution in [-0.2, 0) is 4.79 Å². The molecular formula is C32H27FN2O5S. The third-order valence-electron chi connectivity index (χ3n) is 5.90. The molecule has 0 atom stereocenters. The van der Waals surface area contributed by atoms with Crippen molar-refractivity contribution in [1.29, 1.82) is 0 Å². The number of ketones is 1. The number of carbonyl (C=O) groups is 3. The SMILES string of the molecule is COc1ccc(/C=C(\NC(=O)c2ccccc2)C(=O)Nc2cccc(SCC(=O)c3ccc(F)cc3)c2)c(OC)c1. The van der Waals surface area contributed by atoms with Crippen LogP contribution in [0.25, 0.3) is 6.08 Å². The average molecular weight is 571 g/mol. The Morgan fingerprint density at radius 1 is 0.829 bits per heavy atom. The molecule has 0 saturated heterocycles. The van der Waals surface area contributed by atoms with Crippen LogP contribution in [0.5, 0.6) is 11.5 Å². The third-order valence-corrected chi connectivity index (χ3v) is 6.89. The van der Waals surface area contributed by atoms with Crippen LogP contribution < -0.4 is 20.1 Å². The number of thioether (sulfide) groups is 1. The summed E-state index contributed by atoms with van der Waals surface area (Å²) >= 11 is 1.29. The number of anilines is 1. The number of methoxy groups -OCH3 is 2. The van der Waals surface area contributed by atoms with Gasteiger partial charge < -0.3 is 20.1 Å². The van der Waals surface area contributed by atoms with Gasteiger partial charge in [0, 0.05) is 33.3 Å². The van der Waals surface area contributed by atoms with Gasteiger partial charge in [0.2, 0.25) is 0 Å². The Bertz CT molecular complexity index is 1570. The van der Waals surface area contributed by atoms with E-state index in [2.05, 4.69) is 10.6 Å². The van der Waals surface area contributed by atoms with Crippen LogP contribution in [0.2, 0.25) is 0 Å². The molecule has 0 bridgehead atoms. The van der Waals surface area contributed by atoms with Crippen LogP contribution in [-0.4, -0.2) is 37.6 Å². The Hall–Kier alpha value is -4.89. The van der Waals surface area contributed by atoms with E-state index in [4.69, 9.17) is 9.47 Å². The standard InChI is InChI=1S/C32H27FN2O5S/c1-39-26-16-13-23(30(19-26)40-2)17-28(35-31(37)22-7-4-3-5-8-22)32(38)34-25-9-6-10-27(18-25)41-20-29(36)21-11-14-24(33)15-12-21/h3-19H,20H2,1-2H3,(H,34,38)(H,35,37)/b28-17-. The number of hydrogen-bond donors (Lipinski definition) is 2. The van der Waals surface area contributed by atoms with Gasteiger partial charge in [-0.1, -0.05) is 24.3 Å². The van der Waals surface area contributed by atoms with E-state index < -0.39 is 17.6 Å². The zero-order valence-corrected chi connectivity index (χ0v) is 23.2. The van der Waals surface area contributed by atoms with Crippen molar-refractivity contribution in [3.8, 4) is 11.5 Å². The van der Waals surface area contributed by atoms with Crippen molar-refractivity contribution in [3.05, 3.63) is 125 Å². The number of carbonyl (C=O) groups excluding carboxylic acids is 3. The van der Waals surface area contributed by atoms with E-state index in [0.717, 1.165) is 4.90 Å². The van der Waals surface area contributed by atoms with E-state index in [1.807, 2.05) is 6.07 Å². The molecule has 0 radical (unpaired) electrons. The molecule has 0 aliphatic heterocycles. The fourth-order valence-corrected chi connectivity index (χ4v) is 4.62. The predicted molar refractivity (Wildman–Crippen MR) is 158 cm³/mol. The van der Waals surface area contributed by atoms with Gasteiger partial charge in [0.15, 0.2) is 5.78 Å². The van der Waals surface area contributed by atoms with E-state index >= 15 is 0 Å². The summed E-state index contributed by atoms with van der Waals surface area (Å²) in [5, 5.41) is 5.52. The number of amides is 2. The largest absolute Gasteiger partial charge is 0.497 e. The van der Waals surface area contributed by atoms with E-state index in [1.165, 1.54) is 56.3 Å². The highest BCUT2D eigenvalue weighted by molar-refractivity contribution is 8.00. The van der Waals surface area contributed by atoms with Crippen molar-refractivity contribution < 1.29 is 28.2 Å². The molecule has 0 saturated carbocycles. The van der Waals surface area contributed by atoms with Gasteiger partial charge in [-0.2, -0.15) is 0 Å². The molecule has 0 aliphatic carbocycles. The highest BCUT2D eigenvalue weighted by atomic mass is 32.2. The van der Waals surface area contributed by atoms with Gasteiger partial charge in [-0.3, -0.25) is 14.4 Å². The molecular weight excluding hydrogens is 543 g/mol. The smallest absolute Gasteiger partial charge is 0.272 e. The molecule has 0 fully saturated rings. The van der Waals surface area contributed by atoms with Crippen LogP contribution in [0.15, 0.2) is 108 Å². The molecule has 41 heavy (non-hydrogen) atoms. The fourth-order valence-electron chi connectivity index (χ4n) is 3.77. The van der Waals surface area contributed by atoms with Gasteiger partial charge in [-0.25, -0.2) is 4.39 Å². The molecule has 2 amide bonds. The summed E-state index contributed by atoms with van der Waals surface area (Å²) in [7, 11) is 3.03. The first-order chi connectivity index (χ1) is 19.9. The average Bonchev–Trinajstić information content (AvgIpc) is 3.00. The topological polar surface area (TPSA) is 93.7 Å². The molecule has 2 N–H and O–H groups in total. The molecule has 9 heteroatoms. The molecule has 7 nitrogen and oxygen atoms in total. The number of ether oxygens (including phenoxy) is 2. The first-order valence-corrected chi connectivity index (χ1v) is 13.5. The lowest BCUT2D eigenvalue weighted by molar-refractivity contribution is -0.113. The maximum Gasteiger partial charge on any atom is 0.272 e.